The average Bonchev–Trinajstić information content (AvgIpc) is 3.86. The first kappa shape index (κ1) is 49.1. The van der Waals surface area contributed by atoms with Crippen LogP contribution in [0.2, 0.25) is 5.02 Å². The van der Waals surface area contributed by atoms with Crippen molar-refractivity contribution >= 4 is 52.1 Å². The molecule has 73 heavy (non-hydrogen) atoms. The van der Waals surface area contributed by atoms with Gasteiger partial charge in [-0.3, -0.25) is 34.2 Å². The van der Waals surface area contributed by atoms with Gasteiger partial charge in [-0.1, -0.05) is 54.9 Å². The Kier molecular flexibility index (Phi) is 13.0. The van der Waals surface area contributed by atoms with Gasteiger partial charge in [-0.2, -0.15) is 5.10 Å². The molecule has 4 aliphatic heterocycles. The minimum atomic E-state index is -1.06. The van der Waals surface area contributed by atoms with Gasteiger partial charge in [-0.15, -0.1) is 0 Å². The van der Waals surface area contributed by atoms with Gasteiger partial charge in [-0.25, -0.2) is 13.6 Å². The molecule has 2 saturated carbocycles. The van der Waals surface area contributed by atoms with Crippen LogP contribution >= 0.6 is 11.6 Å². The monoisotopic (exact) mass is 1020 g/mol. The number of carbonyl (C=O) groups is 4. The standard InChI is InChI=1S/C56H63ClF2N8O6/c1-32-46-44(28-41(58)49(57)48(46)47-40(51(60)69)15-16-43(72-3)50(47)59)73-56(32,36-7-5-4-6-8-36)31-61-37-12-9-33(10-13-37)53(70)65-25-22-55(23-26-65)20-17-38(18-21-55)66-29-35(30-66)34-11-14-39-42(27-34)64(2)63-52(39)67-24-19-45(68)62-54(67)71/h4-8,11,14-16,27-28,32-33,35,37-38,61H,9-10,12-13,17-26,29-31H2,1-3H3,(H2,60,69)(H,62,68,71). The Morgan fingerprint density at radius 2 is 1.66 bits per heavy atom. The summed E-state index contributed by atoms with van der Waals surface area (Å²) >= 11 is 6.72. The summed E-state index contributed by atoms with van der Waals surface area (Å²) in [7, 11) is 3.21. The minimum Gasteiger partial charge on any atom is -0.494 e. The highest BCUT2D eigenvalue weighted by molar-refractivity contribution is 6.34. The minimum absolute atomic E-state index is 0.00500. The number of carbonyl (C=O) groups excluding carboxylic acids is 4. The molecule has 0 radical (unpaired) electrons. The molecule has 14 nitrogen and oxygen atoms in total. The summed E-state index contributed by atoms with van der Waals surface area (Å²) in [6.07, 6.45) is 10.3. The molecule has 384 valence electrons. The first-order valence-corrected chi connectivity index (χ1v) is 26.3. The SMILES string of the molecule is COc1ccc(C(N)=O)c(-c2c(Cl)c(F)cc3c2C(C)C(CNC2CCC(C(=O)N4CCC5(CCC(N6CC(c7ccc8c(N9CCC(=O)NC9=O)nn(C)c8c7)C6)CC5)CC4)CC2)(c2ccccc2)O3)c1F. The van der Waals surface area contributed by atoms with Crippen molar-refractivity contribution < 1.29 is 37.4 Å². The van der Waals surface area contributed by atoms with Crippen LogP contribution in [-0.2, 0) is 22.2 Å². The molecule has 0 bridgehead atoms. The van der Waals surface area contributed by atoms with E-state index >= 15 is 8.78 Å². The molecule has 4 N–H and O–H groups in total. The molecule has 4 aromatic carbocycles. The number of nitrogens with zero attached hydrogens (tertiary/aromatic N) is 5. The van der Waals surface area contributed by atoms with Gasteiger partial charge < -0.3 is 25.4 Å². The molecule has 6 aliphatic rings. The van der Waals surface area contributed by atoms with Crippen molar-refractivity contribution in [2.24, 2.45) is 24.1 Å². The molecule has 5 aromatic rings. The van der Waals surface area contributed by atoms with E-state index < -0.39 is 35.1 Å². The number of hydrogen-bond acceptors (Lipinski definition) is 9. The van der Waals surface area contributed by atoms with E-state index in [9.17, 15) is 19.2 Å². The van der Waals surface area contributed by atoms with E-state index in [2.05, 4.69) is 43.7 Å². The number of hydrogen-bond donors (Lipinski definition) is 3. The summed E-state index contributed by atoms with van der Waals surface area (Å²) in [6, 6.07) is 20.3. The number of rotatable bonds is 11. The normalized spacial score (nSPS) is 24.6. The third-order valence-electron chi connectivity index (χ3n) is 17.7. The summed E-state index contributed by atoms with van der Waals surface area (Å²) in [6.45, 7) is 6.29. The Morgan fingerprint density at radius 3 is 2.34 bits per heavy atom. The Hall–Kier alpha value is -6.10. The maximum atomic E-state index is 16.3. The van der Waals surface area contributed by atoms with E-state index in [0.717, 1.165) is 81.2 Å². The van der Waals surface area contributed by atoms with E-state index in [0.29, 0.717) is 41.8 Å². The number of anilines is 1. The number of nitrogens with two attached hydrogens (primary N) is 1. The molecule has 11 rings (SSSR count). The van der Waals surface area contributed by atoms with E-state index in [4.69, 9.17) is 26.8 Å². The number of aromatic nitrogens is 2. The molecule has 3 saturated heterocycles. The summed E-state index contributed by atoms with van der Waals surface area (Å²) in [4.78, 5) is 57.4. The highest BCUT2D eigenvalue weighted by Gasteiger charge is 2.51. The van der Waals surface area contributed by atoms with Crippen LogP contribution in [0.3, 0.4) is 0 Å². The van der Waals surface area contributed by atoms with Crippen molar-refractivity contribution in [1.82, 2.24) is 30.2 Å². The summed E-state index contributed by atoms with van der Waals surface area (Å²) in [5.74, 6) is -2.02. The van der Waals surface area contributed by atoms with E-state index in [1.165, 1.54) is 56.6 Å². The number of methoxy groups -OCH3 is 1. The lowest BCUT2D eigenvalue weighted by Gasteiger charge is -2.51. The van der Waals surface area contributed by atoms with Crippen molar-refractivity contribution in [3.8, 4) is 22.6 Å². The fraction of sp³-hybridized carbons (Fsp3) is 0.482. The molecule has 2 atom stereocenters. The number of piperidine rings is 1. The van der Waals surface area contributed by atoms with Gasteiger partial charge in [-0.05, 0) is 105 Å². The number of amides is 5. The Morgan fingerprint density at radius 1 is 0.932 bits per heavy atom. The fourth-order valence-corrected chi connectivity index (χ4v) is 13.5. The van der Waals surface area contributed by atoms with E-state index in [1.807, 2.05) is 49.0 Å². The Bertz CT molecular complexity index is 2990. The van der Waals surface area contributed by atoms with Crippen LogP contribution in [0.1, 0.15) is 116 Å². The van der Waals surface area contributed by atoms with Crippen LogP contribution in [0.15, 0.2) is 66.7 Å². The number of benzene rings is 4. The third-order valence-corrected chi connectivity index (χ3v) is 18.1. The second-order valence-corrected chi connectivity index (χ2v) is 21.9. The maximum absolute atomic E-state index is 16.3. The molecule has 5 fully saturated rings. The van der Waals surface area contributed by atoms with Crippen molar-refractivity contribution in [2.75, 3.05) is 51.3 Å². The molecule has 1 aromatic heterocycles. The van der Waals surface area contributed by atoms with Crippen molar-refractivity contribution in [3.05, 3.63) is 106 Å². The molecular formula is C56H63ClF2N8O6. The number of aryl methyl sites for hydroxylation is 1. The van der Waals surface area contributed by atoms with Crippen LogP contribution in [0.25, 0.3) is 22.0 Å². The highest BCUT2D eigenvalue weighted by atomic mass is 35.5. The largest absolute Gasteiger partial charge is 0.494 e. The van der Waals surface area contributed by atoms with Crippen LogP contribution in [-0.4, -0.2) is 102 Å². The maximum Gasteiger partial charge on any atom is 0.329 e. The van der Waals surface area contributed by atoms with Gasteiger partial charge in [0.05, 0.1) is 23.2 Å². The number of imide groups is 1. The second-order valence-electron chi connectivity index (χ2n) is 21.5. The van der Waals surface area contributed by atoms with Gasteiger partial charge in [0.15, 0.2) is 23.0 Å². The van der Waals surface area contributed by atoms with E-state index in [1.54, 1.807) is 4.90 Å². The molecule has 2 aliphatic carbocycles. The van der Waals surface area contributed by atoms with Crippen LogP contribution in [0.5, 0.6) is 11.5 Å². The zero-order chi connectivity index (χ0) is 50.9. The highest BCUT2D eigenvalue weighted by Crippen LogP contribution is 2.57. The van der Waals surface area contributed by atoms with Gasteiger partial charge in [0.1, 0.15) is 11.6 Å². The second kappa shape index (κ2) is 19.3. The van der Waals surface area contributed by atoms with Gasteiger partial charge >= 0.3 is 6.03 Å². The van der Waals surface area contributed by atoms with E-state index in [-0.39, 0.29) is 63.4 Å². The number of likely N-dealkylation sites (tertiary alicyclic amines) is 2. The molecule has 1 spiro atoms. The summed E-state index contributed by atoms with van der Waals surface area (Å²) < 4.78 is 46.0. The molecule has 17 heteroatoms. The zero-order valence-electron chi connectivity index (χ0n) is 41.7. The number of fused-ring (bicyclic) bond motifs is 2. The van der Waals surface area contributed by atoms with Gasteiger partial charge in [0.2, 0.25) is 17.7 Å². The number of primary amides is 1. The zero-order valence-corrected chi connectivity index (χ0v) is 42.4. The number of nitrogens with one attached hydrogen (secondary N) is 2. The summed E-state index contributed by atoms with van der Waals surface area (Å²) in [5, 5.41) is 11.4. The number of ether oxygens (including phenoxy) is 2. The number of urea groups is 1. The van der Waals surface area contributed by atoms with Crippen LogP contribution in [0, 0.1) is 23.0 Å². The fourth-order valence-electron chi connectivity index (χ4n) is 13.3. The topological polar surface area (TPSA) is 164 Å². The van der Waals surface area contributed by atoms with Crippen LogP contribution < -0.4 is 30.7 Å². The summed E-state index contributed by atoms with van der Waals surface area (Å²) in [5.41, 5.74) is 8.17. The quantitative estimate of drug-likeness (QED) is 0.117. The lowest BCUT2D eigenvalue weighted by atomic mass is 9.66. The average molecular weight is 1020 g/mol. The first-order chi connectivity index (χ1) is 35.2. The third kappa shape index (κ3) is 8.70. The lowest BCUT2D eigenvalue weighted by Crippen LogP contribution is -2.54. The molecular weight excluding hydrogens is 954 g/mol. The van der Waals surface area contributed by atoms with Crippen molar-refractivity contribution in [3.63, 3.8) is 0 Å². The van der Waals surface area contributed by atoms with Crippen molar-refractivity contribution in [2.45, 2.75) is 107 Å². The Labute approximate surface area is 428 Å². The lowest BCUT2D eigenvalue weighted by molar-refractivity contribution is -0.139. The predicted octanol–water partition coefficient (Wildman–Crippen LogP) is 8.92. The van der Waals surface area contributed by atoms with Gasteiger partial charge in [0, 0.05) is 111 Å². The Balaban J connectivity index is 0.678. The molecule has 5 amide bonds. The molecule has 5 heterocycles. The first-order valence-electron chi connectivity index (χ1n) is 25.9. The predicted molar refractivity (Wildman–Crippen MR) is 274 cm³/mol. The molecule has 2 unspecified atom stereocenters. The van der Waals surface area contributed by atoms with Crippen LogP contribution in [0.4, 0.5) is 19.4 Å². The van der Waals surface area contributed by atoms with Gasteiger partial charge in [0.25, 0.3) is 0 Å². The number of halogens is 3. The van der Waals surface area contributed by atoms with Crippen molar-refractivity contribution in [1.29, 1.82) is 0 Å². The smallest absolute Gasteiger partial charge is 0.329 e.